The fourth-order valence-electron chi connectivity index (χ4n) is 2.82. The number of benzene rings is 1. The van der Waals surface area contributed by atoms with Crippen molar-refractivity contribution in [2.75, 3.05) is 26.4 Å². The van der Waals surface area contributed by atoms with Crippen LogP contribution >= 0.6 is 0 Å². The van der Waals surface area contributed by atoms with E-state index in [-0.39, 0.29) is 19.1 Å². The zero-order valence-electron chi connectivity index (χ0n) is 13.9. The summed E-state index contributed by atoms with van der Waals surface area (Å²) < 4.78 is 11.0. The molecule has 0 saturated heterocycles. The van der Waals surface area contributed by atoms with Crippen molar-refractivity contribution in [1.29, 1.82) is 0 Å². The Morgan fingerprint density at radius 1 is 1.26 bits per heavy atom. The van der Waals surface area contributed by atoms with Crippen molar-refractivity contribution in [2.24, 2.45) is 0 Å². The molecule has 1 aliphatic heterocycles. The highest BCUT2D eigenvalue weighted by molar-refractivity contribution is 5.81. The Morgan fingerprint density at radius 2 is 2.00 bits per heavy atom. The third-order valence-electron chi connectivity index (χ3n) is 4.33. The number of rotatable bonds is 6. The van der Waals surface area contributed by atoms with Gasteiger partial charge in [0.25, 0.3) is 5.91 Å². The third-order valence-corrected chi connectivity index (χ3v) is 4.33. The number of nitrogens with one attached hydrogen (secondary N) is 1. The highest BCUT2D eigenvalue weighted by Gasteiger charge is 2.29. The Bertz CT molecular complexity index is 585. The fourth-order valence-corrected chi connectivity index (χ4v) is 2.82. The Morgan fingerprint density at radius 3 is 2.70 bits per heavy atom. The summed E-state index contributed by atoms with van der Waals surface area (Å²) in [6.45, 7) is 6.62. The van der Waals surface area contributed by atoms with E-state index in [0.717, 1.165) is 28.0 Å². The second-order valence-electron chi connectivity index (χ2n) is 5.80. The van der Waals surface area contributed by atoms with Gasteiger partial charge in [-0.15, -0.1) is 0 Å². The van der Waals surface area contributed by atoms with E-state index in [1.54, 1.807) is 0 Å². The van der Waals surface area contributed by atoms with Crippen molar-refractivity contribution < 1.29 is 24.5 Å². The summed E-state index contributed by atoms with van der Waals surface area (Å²) in [6.07, 6.45) is 0.760. The van der Waals surface area contributed by atoms with Crippen molar-refractivity contribution in [3.8, 4) is 11.5 Å². The summed E-state index contributed by atoms with van der Waals surface area (Å²) in [5.74, 6) is 0.876. The maximum absolute atomic E-state index is 12.2. The van der Waals surface area contributed by atoms with Crippen LogP contribution in [-0.2, 0) is 16.0 Å². The van der Waals surface area contributed by atoms with Gasteiger partial charge in [0.1, 0.15) is 11.5 Å². The van der Waals surface area contributed by atoms with Crippen LogP contribution in [0, 0.1) is 20.8 Å². The van der Waals surface area contributed by atoms with E-state index in [0.29, 0.717) is 31.7 Å². The number of amides is 1. The predicted molar refractivity (Wildman–Crippen MR) is 86.0 cm³/mol. The number of aliphatic hydroxyl groups is 1. The van der Waals surface area contributed by atoms with Gasteiger partial charge in [-0.25, -0.2) is 0 Å². The van der Waals surface area contributed by atoms with Crippen molar-refractivity contribution >= 4 is 5.91 Å². The molecule has 0 bridgehead atoms. The number of ether oxygens (including phenoxy) is 2. The van der Waals surface area contributed by atoms with Gasteiger partial charge in [0.2, 0.25) is 0 Å². The first-order valence-corrected chi connectivity index (χ1v) is 7.92. The van der Waals surface area contributed by atoms with Gasteiger partial charge in [0, 0.05) is 12.1 Å². The molecule has 1 heterocycles. The van der Waals surface area contributed by atoms with E-state index < -0.39 is 6.10 Å². The van der Waals surface area contributed by atoms with E-state index in [1.165, 1.54) is 0 Å². The van der Waals surface area contributed by atoms with Crippen LogP contribution in [0.2, 0.25) is 0 Å². The lowest BCUT2D eigenvalue weighted by Crippen LogP contribution is -2.42. The highest BCUT2D eigenvalue weighted by Crippen LogP contribution is 2.40. The number of aliphatic hydroxyl groups excluding tert-OH is 1. The van der Waals surface area contributed by atoms with E-state index >= 15 is 0 Å². The van der Waals surface area contributed by atoms with Crippen LogP contribution < -0.4 is 10.1 Å². The molecule has 23 heavy (non-hydrogen) atoms. The average molecular weight is 323 g/mol. The SMILES string of the molecule is Cc1c(C)c2c(c(C)c1O)CCC(C(=O)NCCOCCO)O2. The topological polar surface area (TPSA) is 88.0 Å². The minimum atomic E-state index is -0.526. The molecule has 1 atom stereocenters. The Hall–Kier alpha value is -1.79. The number of fused-ring (bicyclic) bond motifs is 1. The molecular formula is C17H25NO5. The molecule has 0 radical (unpaired) electrons. The molecule has 128 valence electrons. The Labute approximate surface area is 136 Å². The number of hydrogen-bond donors (Lipinski definition) is 3. The Kier molecular flexibility index (Phi) is 5.85. The molecule has 3 N–H and O–H groups in total. The van der Waals surface area contributed by atoms with Crippen LogP contribution in [0.3, 0.4) is 0 Å². The standard InChI is InChI=1S/C17H25NO5/c1-10-11(2)16-13(12(3)15(10)20)4-5-14(23-16)17(21)18-6-8-22-9-7-19/h14,19-20H,4-9H2,1-3H3,(H,18,21). The largest absolute Gasteiger partial charge is 0.507 e. The van der Waals surface area contributed by atoms with E-state index in [4.69, 9.17) is 14.6 Å². The van der Waals surface area contributed by atoms with Gasteiger partial charge < -0.3 is 25.0 Å². The number of phenols is 1. The summed E-state index contributed by atoms with van der Waals surface area (Å²) in [5.41, 5.74) is 3.49. The molecule has 1 aliphatic rings. The van der Waals surface area contributed by atoms with Crippen LogP contribution in [0.15, 0.2) is 0 Å². The van der Waals surface area contributed by atoms with Crippen molar-refractivity contribution in [2.45, 2.75) is 39.7 Å². The molecular weight excluding hydrogens is 298 g/mol. The summed E-state index contributed by atoms with van der Waals surface area (Å²) in [7, 11) is 0. The van der Waals surface area contributed by atoms with Gasteiger partial charge in [-0.2, -0.15) is 0 Å². The normalized spacial score (nSPS) is 16.6. The molecule has 1 amide bonds. The van der Waals surface area contributed by atoms with E-state index in [2.05, 4.69) is 5.32 Å². The van der Waals surface area contributed by atoms with Crippen molar-refractivity contribution in [3.63, 3.8) is 0 Å². The second-order valence-corrected chi connectivity index (χ2v) is 5.80. The van der Waals surface area contributed by atoms with Crippen LogP contribution in [-0.4, -0.2) is 48.6 Å². The molecule has 0 aliphatic carbocycles. The first-order chi connectivity index (χ1) is 11.0. The zero-order chi connectivity index (χ0) is 17.0. The molecule has 1 aromatic carbocycles. The van der Waals surface area contributed by atoms with Gasteiger partial charge >= 0.3 is 0 Å². The number of hydrogen-bond acceptors (Lipinski definition) is 5. The van der Waals surface area contributed by atoms with Crippen LogP contribution in [0.25, 0.3) is 0 Å². The molecule has 6 heteroatoms. The Balaban J connectivity index is 2.01. The number of phenolic OH excluding ortho intramolecular Hbond substituents is 1. The van der Waals surface area contributed by atoms with E-state index in [1.807, 2.05) is 20.8 Å². The summed E-state index contributed by atoms with van der Waals surface area (Å²) in [5, 5.41) is 21.5. The lowest BCUT2D eigenvalue weighted by atomic mass is 9.91. The zero-order valence-corrected chi connectivity index (χ0v) is 13.9. The van der Waals surface area contributed by atoms with E-state index in [9.17, 15) is 9.90 Å². The van der Waals surface area contributed by atoms with Gasteiger partial charge in [0.15, 0.2) is 6.10 Å². The number of carbonyl (C=O) groups excluding carboxylic acids is 1. The molecule has 6 nitrogen and oxygen atoms in total. The minimum Gasteiger partial charge on any atom is -0.507 e. The first-order valence-electron chi connectivity index (χ1n) is 7.92. The maximum Gasteiger partial charge on any atom is 0.261 e. The average Bonchev–Trinajstić information content (AvgIpc) is 2.57. The lowest BCUT2D eigenvalue weighted by molar-refractivity contribution is -0.128. The monoisotopic (exact) mass is 323 g/mol. The summed E-state index contributed by atoms with van der Waals surface area (Å²) >= 11 is 0. The van der Waals surface area contributed by atoms with Crippen molar-refractivity contribution in [3.05, 3.63) is 22.3 Å². The molecule has 2 rings (SSSR count). The summed E-state index contributed by atoms with van der Waals surface area (Å²) in [4.78, 5) is 12.2. The molecule has 1 unspecified atom stereocenters. The van der Waals surface area contributed by atoms with Crippen LogP contribution in [0.4, 0.5) is 0 Å². The van der Waals surface area contributed by atoms with Gasteiger partial charge in [-0.05, 0) is 50.3 Å². The lowest BCUT2D eigenvalue weighted by Gasteiger charge is -2.29. The van der Waals surface area contributed by atoms with Gasteiger partial charge in [-0.1, -0.05) is 0 Å². The third kappa shape index (κ3) is 3.76. The fraction of sp³-hybridized carbons (Fsp3) is 0.588. The summed E-state index contributed by atoms with van der Waals surface area (Å²) in [6, 6.07) is 0. The second kappa shape index (κ2) is 7.66. The predicted octanol–water partition coefficient (Wildman–Crippen LogP) is 1.14. The van der Waals surface area contributed by atoms with Gasteiger partial charge in [0.05, 0.1) is 19.8 Å². The molecule has 0 spiro atoms. The molecule has 0 fully saturated rings. The van der Waals surface area contributed by atoms with Crippen molar-refractivity contribution in [1.82, 2.24) is 5.32 Å². The smallest absolute Gasteiger partial charge is 0.261 e. The maximum atomic E-state index is 12.2. The number of carbonyl (C=O) groups is 1. The first kappa shape index (κ1) is 17.6. The molecule has 0 aromatic heterocycles. The quantitative estimate of drug-likeness (QED) is 0.683. The molecule has 1 aromatic rings. The van der Waals surface area contributed by atoms with Crippen LogP contribution in [0.5, 0.6) is 11.5 Å². The number of aromatic hydroxyl groups is 1. The van der Waals surface area contributed by atoms with Crippen LogP contribution in [0.1, 0.15) is 28.7 Å². The van der Waals surface area contributed by atoms with Gasteiger partial charge in [-0.3, -0.25) is 4.79 Å². The molecule has 0 saturated carbocycles. The highest BCUT2D eigenvalue weighted by atomic mass is 16.5. The minimum absolute atomic E-state index is 0.0265.